The number of carbonyl (C=O) groups is 1. The SMILES string of the molecule is CCS(=O)(=O)c1ccc([C@@H](CO)NC(=O)c2ccc3c(OC[C@H]4CC[C@H](C(F)(F)F)CC4)nc(C)cc3c2)nc1. The van der Waals surface area contributed by atoms with Crippen molar-refractivity contribution < 1.29 is 36.2 Å². The van der Waals surface area contributed by atoms with Crippen LogP contribution >= 0.6 is 0 Å². The number of halogens is 3. The molecule has 4 rings (SSSR count). The maximum absolute atomic E-state index is 13.0. The van der Waals surface area contributed by atoms with Gasteiger partial charge in [0.1, 0.15) is 0 Å². The van der Waals surface area contributed by atoms with E-state index in [2.05, 4.69) is 15.3 Å². The fourth-order valence-corrected chi connectivity index (χ4v) is 5.68. The first-order chi connectivity index (χ1) is 18.9. The minimum Gasteiger partial charge on any atom is -0.477 e. The van der Waals surface area contributed by atoms with E-state index in [1.54, 1.807) is 31.2 Å². The van der Waals surface area contributed by atoms with Crippen LogP contribution in [-0.2, 0) is 9.84 Å². The highest BCUT2D eigenvalue weighted by molar-refractivity contribution is 7.91. The van der Waals surface area contributed by atoms with Gasteiger partial charge in [0.15, 0.2) is 9.84 Å². The van der Waals surface area contributed by atoms with E-state index in [1.165, 1.54) is 25.3 Å². The van der Waals surface area contributed by atoms with Crippen LogP contribution in [0.5, 0.6) is 5.88 Å². The van der Waals surface area contributed by atoms with Crippen LogP contribution in [0.3, 0.4) is 0 Å². The molecule has 2 aromatic heterocycles. The summed E-state index contributed by atoms with van der Waals surface area (Å²) in [5, 5.41) is 13.9. The van der Waals surface area contributed by atoms with Gasteiger partial charge >= 0.3 is 6.18 Å². The minimum absolute atomic E-state index is 0.0150. The first kappa shape index (κ1) is 29.7. The molecule has 0 unspecified atom stereocenters. The number of benzene rings is 1. The summed E-state index contributed by atoms with van der Waals surface area (Å²) in [6.07, 6.45) is -1.86. The van der Waals surface area contributed by atoms with E-state index in [9.17, 15) is 31.5 Å². The zero-order valence-corrected chi connectivity index (χ0v) is 23.1. The van der Waals surface area contributed by atoms with Crippen LogP contribution in [0.1, 0.15) is 60.4 Å². The molecule has 1 aromatic carbocycles. The van der Waals surface area contributed by atoms with Crippen molar-refractivity contribution >= 4 is 26.5 Å². The molecule has 2 N–H and O–H groups in total. The van der Waals surface area contributed by atoms with Crippen molar-refractivity contribution in [2.24, 2.45) is 11.8 Å². The van der Waals surface area contributed by atoms with Gasteiger partial charge in [-0.25, -0.2) is 13.4 Å². The van der Waals surface area contributed by atoms with E-state index in [4.69, 9.17) is 4.74 Å². The molecule has 0 aliphatic heterocycles. The number of alkyl halides is 3. The van der Waals surface area contributed by atoms with E-state index in [-0.39, 0.29) is 36.0 Å². The van der Waals surface area contributed by atoms with Gasteiger partial charge < -0.3 is 15.2 Å². The highest BCUT2D eigenvalue weighted by atomic mass is 32.2. The summed E-state index contributed by atoms with van der Waals surface area (Å²) in [5.74, 6) is -1.41. The third kappa shape index (κ3) is 6.90. The van der Waals surface area contributed by atoms with Gasteiger partial charge in [0.05, 0.1) is 41.5 Å². The highest BCUT2D eigenvalue weighted by Gasteiger charge is 2.41. The molecule has 2 heterocycles. The Bertz CT molecular complexity index is 1450. The minimum atomic E-state index is -4.15. The molecule has 0 radical (unpaired) electrons. The number of rotatable bonds is 9. The third-order valence-corrected chi connectivity index (χ3v) is 9.01. The number of nitrogens with zero attached hydrogens (tertiary/aromatic N) is 2. The largest absolute Gasteiger partial charge is 0.477 e. The number of amides is 1. The Morgan fingerprint density at radius 1 is 1.15 bits per heavy atom. The average Bonchev–Trinajstić information content (AvgIpc) is 2.93. The van der Waals surface area contributed by atoms with Crippen molar-refractivity contribution in [3.63, 3.8) is 0 Å². The van der Waals surface area contributed by atoms with E-state index < -0.39 is 40.5 Å². The van der Waals surface area contributed by atoms with Crippen LogP contribution in [0.25, 0.3) is 10.8 Å². The van der Waals surface area contributed by atoms with Crippen LogP contribution in [-0.4, -0.2) is 54.5 Å². The van der Waals surface area contributed by atoms with Crippen molar-refractivity contribution in [3.8, 4) is 5.88 Å². The van der Waals surface area contributed by atoms with Crippen LogP contribution < -0.4 is 10.1 Å². The second kappa shape index (κ2) is 12.1. The van der Waals surface area contributed by atoms with Crippen molar-refractivity contribution in [1.29, 1.82) is 0 Å². The topological polar surface area (TPSA) is 118 Å². The van der Waals surface area contributed by atoms with Gasteiger partial charge in [0.25, 0.3) is 5.91 Å². The maximum Gasteiger partial charge on any atom is 0.391 e. The van der Waals surface area contributed by atoms with Crippen molar-refractivity contribution in [2.75, 3.05) is 19.0 Å². The number of carbonyl (C=O) groups excluding carboxylic acids is 1. The molecule has 0 saturated heterocycles. The van der Waals surface area contributed by atoms with E-state index in [1.807, 2.05) is 0 Å². The predicted molar refractivity (Wildman–Crippen MR) is 143 cm³/mol. The number of hydrogen-bond donors (Lipinski definition) is 2. The molecule has 0 spiro atoms. The zero-order chi connectivity index (χ0) is 29.1. The zero-order valence-electron chi connectivity index (χ0n) is 22.2. The molecule has 216 valence electrons. The van der Waals surface area contributed by atoms with Crippen LogP contribution in [0.4, 0.5) is 13.2 Å². The molecule has 12 heteroatoms. The molecule has 1 fully saturated rings. The van der Waals surface area contributed by atoms with Gasteiger partial charge in [0.2, 0.25) is 5.88 Å². The maximum atomic E-state index is 13.0. The molecular weight excluding hydrogens is 547 g/mol. The van der Waals surface area contributed by atoms with Gasteiger partial charge in [-0.1, -0.05) is 6.92 Å². The lowest BCUT2D eigenvalue weighted by Gasteiger charge is -2.29. The normalized spacial score (nSPS) is 18.9. The van der Waals surface area contributed by atoms with Crippen molar-refractivity contribution in [2.45, 2.75) is 56.6 Å². The molecule has 1 aliphatic carbocycles. The summed E-state index contributed by atoms with van der Waals surface area (Å²) in [6, 6.07) is 8.75. The van der Waals surface area contributed by atoms with E-state index >= 15 is 0 Å². The lowest BCUT2D eigenvalue weighted by Crippen LogP contribution is -2.31. The Morgan fingerprint density at radius 3 is 2.48 bits per heavy atom. The molecule has 1 aliphatic rings. The number of sulfone groups is 1. The summed E-state index contributed by atoms with van der Waals surface area (Å²) in [5.41, 5.74) is 1.28. The number of pyridine rings is 2. The predicted octanol–water partition coefficient (Wildman–Crippen LogP) is 4.94. The number of fused-ring (bicyclic) bond motifs is 1. The Hall–Kier alpha value is -3.25. The molecule has 1 atom stereocenters. The number of aliphatic hydroxyl groups excluding tert-OH is 1. The number of aliphatic hydroxyl groups is 1. The summed E-state index contributed by atoms with van der Waals surface area (Å²) in [6.45, 7) is 3.13. The highest BCUT2D eigenvalue weighted by Crippen LogP contribution is 2.39. The molecule has 8 nitrogen and oxygen atoms in total. The monoisotopic (exact) mass is 579 g/mol. The fraction of sp³-hybridized carbons (Fsp3) is 0.464. The van der Waals surface area contributed by atoms with E-state index in [0.29, 0.717) is 46.4 Å². The van der Waals surface area contributed by atoms with Crippen molar-refractivity contribution in [1.82, 2.24) is 15.3 Å². The summed E-state index contributed by atoms with van der Waals surface area (Å²) >= 11 is 0. The number of aromatic nitrogens is 2. The molecule has 3 aromatic rings. The Labute approximate surface area is 230 Å². The summed E-state index contributed by atoms with van der Waals surface area (Å²) in [4.78, 5) is 21.7. The third-order valence-electron chi connectivity index (χ3n) is 7.30. The lowest BCUT2D eigenvalue weighted by atomic mass is 9.82. The van der Waals surface area contributed by atoms with Gasteiger partial charge in [-0.15, -0.1) is 0 Å². The molecule has 0 bridgehead atoms. The second-order valence-electron chi connectivity index (χ2n) is 10.1. The first-order valence-corrected chi connectivity index (χ1v) is 14.8. The Kier molecular flexibility index (Phi) is 8.99. The fourth-order valence-electron chi connectivity index (χ4n) is 4.86. The number of hydrogen-bond acceptors (Lipinski definition) is 7. The Balaban J connectivity index is 1.45. The summed E-state index contributed by atoms with van der Waals surface area (Å²) in [7, 11) is -3.43. The number of nitrogens with one attached hydrogen (secondary N) is 1. The van der Waals surface area contributed by atoms with Gasteiger partial charge in [0, 0.05) is 22.8 Å². The van der Waals surface area contributed by atoms with Gasteiger partial charge in [-0.2, -0.15) is 13.2 Å². The summed E-state index contributed by atoms with van der Waals surface area (Å²) < 4.78 is 68.9. The second-order valence-corrected chi connectivity index (χ2v) is 12.4. The number of ether oxygens (including phenoxy) is 1. The van der Waals surface area contributed by atoms with Gasteiger partial charge in [-0.05, 0) is 80.3 Å². The lowest BCUT2D eigenvalue weighted by molar-refractivity contribution is -0.184. The van der Waals surface area contributed by atoms with Gasteiger partial charge in [-0.3, -0.25) is 9.78 Å². The standard InChI is InChI=1S/C28H32F3N3O5S/c1-3-40(37,38)22-9-11-24(32-14-22)25(15-35)34-26(36)19-6-10-23-20(13-19)12-17(2)33-27(23)39-16-18-4-7-21(8-5-18)28(29,30)31/h6,9-14,18,21,25,35H,3-5,7-8,15-16H2,1-2H3,(H,34,36)/t18-,21-,25-/m1/s1. The smallest absolute Gasteiger partial charge is 0.391 e. The first-order valence-electron chi connectivity index (χ1n) is 13.1. The molecule has 1 amide bonds. The molecule has 1 saturated carbocycles. The van der Waals surface area contributed by atoms with Crippen molar-refractivity contribution in [3.05, 3.63) is 59.5 Å². The number of aryl methyl sites for hydroxylation is 1. The average molecular weight is 580 g/mol. The van der Waals surface area contributed by atoms with Crippen LogP contribution in [0, 0.1) is 18.8 Å². The molecule has 40 heavy (non-hydrogen) atoms. The van der Waals surface area contributed by atoms with E-state index in [0.717, 1.165) is 0 Å². The quantitative estimate of drug-likeness (QED) is 0.369. The van der Waals surface area contributed by atoms with Crippen LogP contribution in [0.2, 0.25) is 0 Å². The Morgan fingerprint density at radius 2 is 1.88 bits per heavy atom. The van der Waals surface area contributed by atoms with Crippen LogP contribution in [0.15, 0.2) is 47.5 Å². The molecular formula is C28H32F3N3O5S.